The summed E-state index contributed by atoms with van der Waals surface area (Å²) >= 11 is 0. The van der Waals surface area contributed by atoms with Gasteiger partial charge in [-0.3, -0.25) is 9.52 Å². The molecular weight excluding hydrogens is 304 g/mol. The maximum Gasteiger partial charge on any atom is 0.335 e. The highest BCUT2D eigenvalue weighted by atomic mass is 32.2. The Morgan fingerprint density at radius 1 is 1.32 bits per heavy atom. The van der Waals surface area contributed by atoms with Gasteiger partial charge in [0.05, 0.1) is 10.5 Å². The van der Waals surface area contributed by atoms with Gasteiger partial charge in [-0.25, -0.2) is 9.00 Å². The van der Waals surface area contributed by atoms with Gasteiger partial charge in [-0.1, -0.05) is 19.9 Å². The van der Waals surface area contributed by atoms with Crippen molar-refractivity contribution in [1.29, 1.82) is 0 Å². The molecule has 0 fully saturated rings. The number of pyridine rings is 1. The summed E-state index contributed by atoms with van der Waals surface area (Å²) in [6, 6.07) is 7.41. The number of H-pyrrole nitrogens is 1. The van der Waals surface area contributed by atoms with Crippen molar-refractivity contribution in [2.24, 2.45) is 0 Å². The number of carbonyl (C=O) groups is 1. The highest BCUT2D eigenvalue weighted by Gasteiger charge is 2.11. The molecule has 6 nitrogen and oxygen atoms in total. The standard InChI is InChI=1S/C15H16N2O4S/c1-9(2)11-7-13(14(18)16-8-11)17-22(21)12-5-3-4-10(6-12)15(19)20/h3-9,17H,1-2H3,(H,16,18)(H,19,20). The van der Waals surface area contributed by atoms with Crippen LogP contribution < -0.4 is 10.3 Å². The summed E-state index contributed by atoms with van der Waals surface area (Å²) in [6.45, 7) is 3.95. The summed E-state index contributed by atoms with van der Waals surface area (Å²) in [6.07, 6.45) is 1.62. The third-order valence-corrected chi connectivity index (χ3v) is 4.18. The van der Waals surface area contributed by atoms with E-state index in [0.717, 1.165) is 5.56 Å². The van der Waals surface area contributed by atoms with Crippen molar-refractivity contribution in [3.8, 4) is 0 Å². The first-order valence-electron chi connectivity index (χ1n) is 6.63. The Bertz CT molecular complexity index is 783. The molecule has 2 rings (SSSR count). The average molecular weight is 320 g/mol. The zero-order valence-electron chi connectivity index (χ0n) is 12.1. The van der Waals surface area contributed by atoms with E-state index in [1.54, 1.807) is 12.3 Å². The van der Waals surface area contributed by atoms with Crippen LogP contribution in [-0.4, -0.2) is 20.3 Å². The number of hydrogen-bond acceptors (Lipinski definition) is 3. The monoisotopic (exact) mass is 320 g/mol. The molecule has 0 amide bonds. The summed E-state index contributed by atoms with van der Waals surface area (Å²) in [4.78, 5) is 25.6. The molecule has 1 heterocycles. The van der Waals surface area contributed by atoms with Crippen molar-refractivity contribution < 1.29 is 14.1 Å². The van der Waals surface area contributed by atoms with E-state index < -0.39 is 17.0 Å². The fourth-order valence-electron chi connectivity index (χ4n) is 1.81. The van der Waals surface area contributed by atoms with E-state index in [0.29, 0.717) is 0 Å². The Labute approximate surface area is 129 Å². The molecule has 0 saturated heterocycles. The first-order chi connectivity index (χ1) is 10.4. The fraction of sp³-hybridized carbons (Fsp3) is 0.200. The number of nitrogens with one attached hydrogen (secondary N) is 2. The summed E-state index contributed by atoms with van der Waals surface area (Å²) in [5.41, 5.74) is 0.744. The number of hydrogen-bond donors (Lipinski definition) is 3. The highest BCUT2D eigenvalue weighted by Crippen LogP contribution is 2.16. The lowest BCUT2D eigenvalue weighted by Gasteiger charge is -2.09. The molecule has 0 saturated carbocycles. The Hall–Kier alpha value is -2.41. The van der Waals surface area contributed by atoms with Crippen LogP contribution in [0.15, 0.2) is 46.2 Å². The molecule has 1 aromatic carbocycles. The molecule has 1 atom stereocenters. The van der Waals surface area contributed by atoms with Crippen LogP contribution in [0, 0.1) is 0 Å². The molecule has 0 bridgehead atoms. The number of aromatic amines is 1. The van der Waals surface area contributed by atoms with Crippen LogP contribution >= 0.6 is 0 Å². The SMILES string of the molecule is CC(C)c1c[nH]c(=O)c(NS(=O)c2cccc(C(=O)O)c2)c1. The summed E-state index contributed by atoms with van der Waals surface area (Å²) in [7, 11) is -1.73. The normalized spacial score (nSPS) is 12.1. The Morgan fingerprint density at radius 3 is 2.68 bits per heavy atom. The molecule has 0 aliphatic rings. The molecule has 0 aliphatic heterocycles. The van der Waals surface area contributed by atoms with E-state index in [1.807, 2.05) is 13.8 Å². The largest absolute Gasteiger partial charge is 0.478 e. The highest BCUT2D eigenvalue weighted by molar-refractivity contribution is 7.86. The molecule has 0 spiro atoms. The predicted molar refractivity (Wildman–Crippen MR) is 84.6 cm³/mol. The first kappa shape index (κ1) is 16.0. The molecule has 2 aromatic rings. The van der Waals surface area contributed by atoms with Crippen LogP contribution in [0.4, 0.5) is 5.69 Å². The number of benzene rings is 1. The van der Waals surface area contributed by atoms with Crippen molar-refractivity contribution >= 4 is 22.6 Å². The van der Waals surface area contributed by atoms with E-state index in [2.05, 4.69) is 9.71 Å². The number of carboxylic acid groups (broad SMARTS) is 1. The predicted octanol–water partition coefficient (Wildman–Crippen LogP) is 2.33. The minimum Gasteiger partial charge on any atom is -0.478 e. The third kappa shape index (κ3) is 3.62. The van der Waals surface area contributed by atoms with Crippen molar-refractivity contribution in [3.63, 3.8) is 0 Å². The molecule has 0 radical (unpaired) electrons. The van der Waals surface area contributed by atoms with Crippen molar-refractivity contribution in [3.05, 3.63) is 58.0 Å². The molecular formula is C15H16N2O4S. The molecule has 1 aromatic heterocycles. The molecule has 116 valence electrons. The average Bonchev–Trinajstić information content (AvgIpc) is 2.49. The number of rotatable bonds is 5. The van der Waals surface area contributed by atoms with Crippen LogP contribution in [0.1, 0.15) is 35.7 Å². The zero-order valence-corrected chi connectivity index (χ0v) is 12.9. The van der Waals surface area contributed by atoms with Crippen molar-refractivity contribution in [2.75, 3.05) is 4.72 Å². The molecule has 22 heavy (non-hydrogen) atoms. The van der Waals surface area contributed by atoms with E-state index in [-0.39, 0.29) is 27.6 Å². The number of anilines is 1. The van der Waals surface area contributed by atoms with Crippen LogP contribution in [0.25, 0.3) is 0 Å². The molecule has 0 aliphatic carbocycles. The van der Waals surface area contributed by atoms with Crippen LogP contribution in [-0.2, 0) is 11.0 Å². The number of aromatic nitrogens is 1. The van der Waals surface area contributed by atoms with Crippen molar-refractivity contribution in [2.45, 2.75) is 24.7 Å². The maximum absolute atomic E-state index is 12.3. The lowest BCUT2D eigenvalue weighted by molar-refractivity contribution is 0.0696. The first-order valence-corrected chi connectivity index (χ1v) is 7.78. The van der Waals surface area contributed by atoms with E-state index in [1.165, 1.54) is 24.3 Å². The van der Waals surface area contributed by atoms with Gasteiger partial charge in [0, 0.05) is 6.20 Å². The van der Waals surface area contributed by atoms with Gasteiger partial charge in [0.25, 0.3) is 5.56 Å². The lowest BCUT2D eigenvalue weighted by Crippen LogP contribution is -2.16. The molecule has 1 unspecified atom stereocenters. The van der Waals surface area contributed by atoms with E-state index in [4.69, 9.17) is 5.11 Å². The Balaban J connectivity index is 2.29. The van der Waals surface area contributed by atoms with Crippen LogP contribution in [0.3, 0.4) is 0 Å². The summed E-state index contributed by atoms with van der Waals surface area (Å²) in [5, 5.41) is 8.95. The fourth-order valence-corrected chi connectivity index (χ4v) is 2.72. The van der Waals surface area contributed by atoms with Crippen LogP contribution in [0.2, 0.25) is 0 Å². The van der Waals surface area contributed by atoms with Gasteiger partial charge in [-0.05, 0) is 35.7 Å². The third-order valence-electron chi connectivity index (χ3n) is 3.09. The van der Waals surface area contributed by atoms with Gasteiger partial charge in [-0.15, -0.1) is 0 Å². The molecule has 7 heteroatoms. The molecule has 3 N–H and O–H groups in total. The second kappa shape index (κ2) is 6.57. The summed E-state index contributed by atoms with van der Waals surface area (Å²) < 4.78 is 14.9. The Kier molecular flexibility index (Phi) is 4.77. The minimum atomic E-state index is -1.73. The lowest BCUT2D eigenvalue weighted by atomic mass is 10.1. The topological polar surface area (TPSA) is 99.3 Å². The van der Waals surface area contributed by atoms with E-state index >= 15 is 0 Å². The zero-order chi connectivity index (χ0) is 16.3. The van der Waals surface area contributed by atoms with Gasteiger partial charge in [0.15, 0.2) is 0 Å². The second-order valence-corrected chi connectivity index (χ2v) is 6.25. The maximum atomic E-state index is 12.3. The quantitative estimate of drug-likeness (QED) is 0.787. The van der Waals surface area contributed by atoms with Crippen molar-refractivity contribution in [1.82, 2.24) is 4.98 Å². The Morgan fingerprint density at radius 2 is 2.05 bits per heavy atom. The van der Waals surface area contributed by atoms with Gasteiger partial charge < -0.3 is 10.1 Å². The van der Waals surface area contributed by atoms with Gasteiger partial charge >= 0.3 is 5.97 Å². The smallest absolute Gasteiger partial charge is 0.335 e. The summed E-state index contributed by atoms with van der Waals surface area (Å²) in [5.74, 6) is -0.889. The number of carboxylic acids is 1. The second-order valence-electron chi connectivity index (χ2n) is 5.03. The van der Waals surface area contributed by atoms with Gasteiger partial charge in [0.1, 0.15) is 16.7 Å². The minimum absolute atomic E-state index is 0.0393. The van der Waals surface area contributed by atoms with E-state index in [9.17, 15) is 13.8 Å². The van der Waals surface area contributed by atoms with Gasteiger partial charge in [-0.2, -0.15) is 0 Å². The number of aromatic carboxylic acids is 1. The van der Waals surface area contributed by atoms with Crippen LogP contribution in [0.5, 0.6) is 0 Å². The van der Waals surface area contributed by atoms with Gasteiger partial charge in [0.2, 0.25) is 0 Å².